The molecule has 0 radical (unpaired) electrons. The molecule has 3 heteroatoms. The lowest BCUT2D eigenvalue weighted by molar-refractivity contribution is 0.280. The number of hydrogen-bond acceptors (Lipinski definition) is 2. The zero-order valence-electron chi connectivity index (χ0n) is 9.16. The molecule has 0 aliphatic heterocycles. The summed E-state index contributed by atoms with van der Waals surface area (Å²) in [6.07, 6.45) is 6.02. The molecule has 1 aromatic rings. The molecule has 1 fully saturated rings. The summed E-state index contributed by atoms with van der Waals surface area (Å²) >= 11 is 0. The van der Waals surface area contributed by atoms with Gasteiger partial charge in [-0.1, -0.05) is 13.8 Å². The highest BCUT2D eigenvalue weighted by Crippen LogP contribution is 2.34. The van der Waals surface area contributed by atoms with Crippen LogP contribution in [0.5, 0.6) is 5.88 Å². The molecule has 1 aliphatic rings. The molecule has 0 saturated heterocycles. The van der Waals surface area contributed by atoms with E-state index in [1.807, 2.05) is 0 Å². The highest BCUT2D eigenvalue weighted by Gasteiger charge is 2.22. The van der Waals surface area contributed by atoms with Crippen LogP contribution in [0.3, 0.4) is 0 Å². The third-order valence-corrected chi connectivity index (χ3v) is 2.99. The Kier molecular flexibility index (Phi) is 2.48. The minimum Gasteiger partial charge on any atom is -0.480 e. The predicted octanol–water partition coefficient (Wildman–Crippen LogP) is 2.74. The molecule has 78 valence electrons. The maximum absolute atomic E-state index is 5.27. The summed E-state index contributed by atoms with van der Waals surface area (Å²) < 4.78 is 7.36. The highest BCUT2D eigenvalue weighted by molar-refractivity contribution is 5.26. The minimum absolute atomic E-state index is 0.485. The van der Waals surface area contributed by atoms with E-state index in [1.165, 1.54) is 24.8 Å². The molecule has 0 spiro atoms. The second-order valence-corrected chi connectivity index (χ2v) is 4.31. The van der Waals surface area contributed by atoms with Crippen LogP contribution in [0, 0.1) is 0 Å². The Morgan fingerprint density at radius 1 is 1.50 bits per heavy atom. The van der Waals surface area contributed by atoms with Crippen LogP contribution in [-0.4, -0.2) is 16.9 Å². The molecule has 0 atom stereocenters. The molecule has 1 heterocycles. The van der Waals surface area contributed by atoms with E-state index in [-0.39, 0.29) is 0 Å². The third-order valence-electron chi connectivity index (χ3n) is 2.99. The average molecular weight is 194 g/mol. The van der Waals surface area contributed by atoms with Crippen LogP contribution >= 0.6 is 0 Å². The number of ether oxygens (including phenoxy) is 1. The fraction of sp³-hybridized carbons (Fsp3) is 0.727. The standard InChI is InChI=1S/C11H18N2O/c1-8(2)10-7-13(9-5-4-6-9)12-11(10)14-3/h7-9H,4-6H2,1-3H3. The van der Waals surface area contributed by atoms with Gasteiger partial charge in [-0.3, -0.25) is 4.68 Å². The number of nitrogens with zero attached hydrogens (tertiary/aromatic N) is 2. The molecule has 0 unspecified atom stereocenters. The zero-order valence-corrected chi connectivity index (χ0v) is 9.16. The molecule has 0 amide bonds. The Morgan fingerprint density at radius 2 is 2.21 bits per heavy atom. The van der Waals surface area contributed by atoms with Crippen LogP contribution in [0.2, 0.25) is 0 Å². The first-order valence-electron chi connectivity index (χ1n) is 5.35. The van der Waals surface area contributed by atoms with Crippen LogP contribution < -0.4 is 4.74 Å². The van der Waals surface area contributed by atoms with Crippen molar-refractivity contribution in [1.29, 1.82) is 0 Å². The van der Waals surface area contributed by atoms with Crippen molar-refractivity contribution in [3.63, 3.8) is 0 Å². The average Bonchev–Trinajstić information content (AvgIpc) is 2.45. The van der Waals surface area contributed by atoms with Gasteiger partial charge in [0.1, 0.15) is 0 Å². The van der Waals surface area contributed by atoms with Gasteiger partial charge in [0.25, 0.3) is 0 Å². The summed E-state index contributed by atoms with van der Waals surface area (Å²) in [6.45, 7) is 4.34. The molecule has 1 aliphatic carbocycles. The molecule has 1 saturated carbocycles. The van der Waals surface area contributed by atoms with Crippen LogP contribution in [0.1, 0.15) is 50.6 Å². The Labute approximate surface area is 85.1 Å². The van der Waals surface area contributed by atoms with Crippen molar-refractivity contribution >= 4 is 0 Å². The van der Waals surface area contributed by atoms with Gasteiger partial charge in [-0.15, -0.1) is 5.10 Å². The molecule has 0 aromatic carbocycles. The molecule has 2 rings (SSSR count). The van der Waals surface area contributed by atoms with Crippen LogP contribution in [0.15, 0.2) is 6.20 Å². The third kappa shape index (κ3) is 1.51. The first-order chi connectivity index (χ1) is 6.72. The Balaban J connectivity index is 2.25. The highest BCUT2D eigenvalue weighted by atomic mass is 16.5. The maximum atomic E-state index is 5.27. The Hall–Kier alpha value is -0.990. The normalized spacial score (nSPS) is 17.1. The van der Waals surface area contributed by atoms with Gasteiger partial charge in [0, 0.05) is 11.8 Å². The van der Waals surface area contributed by atoms with Gasteiger partial charge >= 0.3 is 0 Å². The number of hydrogen-bond donors (Lipinski definition) is 0. The first kappa shape index (κ1) is 9.56. The van der Waals surface area contributed by atoms with Gasteiger partial charge in [-0.25, -0.2) is 0 Å². The van der Waals surface area contributed by atoms with Crippen molar-refractivity contribution in [3.05, 3.63) is 11.8 Å². The van der Waals surface area contributed by atoms with E-state index in [2.05, 4.69) is 29.8 Å². The fourth-order valence-electron chi connectivity index (χ4n) is 1.78. The van der Waals surface area contributed by atoms with E-state index in [0.29, 0.717) is 12.0 Å². The van der Waals surface area contributed by atoms with Crippen molar-refractivity contribution in [3.8, 4) is 5.88 Å². The van der Waals surface area contributed by atoms with Crippen LogP contribution in [-0.2, 0) is 0 Å². The predicted molar refractivity (Wildman–Crippen MR) is 55.8 cm³/mol. The SMILES string of the molecule is COc1nn(C2CCC2)cc1C(C)C. The number of aromatic nitrogens is 2. The maximum Gasteiger partial charge on any atom is 0.235 e. The lowest BCUT2D eigenvalue weighted by Gasteiger charge is -2.25. The Morgan fingerprint density at radius 3 is 2.57 bits per heavy atom. The minimum atomic E-state index is 0.485. The van der Waals surface area contributed by atoms with E-state index in [9.17, 15) is 0 Å². The summed E-state index contributed by atoms with van der Waals surface area (Å²) in [7, 11) is 1.69. The lowest BCUT2D eigenvalue weighted by atomic mass is 9.93. The van der Waals surface area contributed by atoms with E-state index in [4.69, 9.17) is 4.74 Å². The van der Waals surface area contributed by atoms with E-state index < -0.39 is 0 Å². The second-order valence-electron chi connectivity index (χ2n) is 4.31. The summed E-state index contributed by atoms with van der Waals surface area (Å²) in [4.78, 5) is 0. The van der Waals surface area contributed by atoms with Gasteiger partial charge < -0.3 is 4.74 Å². The van der Waals surface area contributed by atoms with Crippen molar-refractivity contribution in [2.24, 2.45) is 0 Å². The molecule has 0 bridgehead atoms. The van der Waals surface area contributed by atoms with Gasteiger partial charge in [-0.2, -0.15) is 0 Å². The van der Waals surface area contributed by atoms with E-state index >= 15 is 0 Å². The largest absolute Gasteiger partial charge is 0.480 e. The van der Waals surface area contributed by atoms with Crippen LogP contribution in [0.25, 0.3) is 0 Å². The number of rotatable bonds is 3. The smallest absolute Gasteiger partial charge is 0.235 e. The summed E-state index contributed by atoms with van der Waals surface area (Å²) in [5.41, 5.74) is 1.22. The van der Waals surface area contributed by atoms with Gasteiger partial charge in [0.15, 0.2) is 0 Å². The van der Waals surface area contributed by atoms with Crippen molar-refractivity contribution in [1.82, 2.24) is 9.78 Å². The Bertz CT molecular complexity index is 313. The van der Waals surface area contributed by atoms with Crippen LogP contribution in [0.4, 0.5) is 0 Å². The first-order valence-corrected chi connectivity index (χ1v) is 5.35. The molecular formula is C11H18N2O. The summed E-state index contributed by atoms with van der Waals surface area (Å²) in [5.74, 6) is 1.28. The monoisotopic (exact) mass is 194 g/mol. The quantitative estimate of drug-likeness (QED) is 0.739. The molecule has 14 heavy (non-hydrogen) atoms. The number of methoxy groups -OCH3 is 1. The topological polar surface area (TPSA) is 27.1 Å². The lowest BCUT2D eigenvalue weighted by Crippen LogP contribution is -2.17. The van der Waals surface area contributed by atoms with Crippen molar-refractivity contribution in [2.45, 2.75) is 45.1 Å². The van der Waals surface area contributed by atoms with Gasteiger partial charge in [0.05, 0.1) is 13.2 Å². The van der Waals surface area contributed by atoms with Crippen molar-refractivity contribution < 1.29 is 4.74 Å². The zero-order chi connectivity index (χ0) is 10.1. The van der Waals surface area contributed by atoms with E-state index in [1.54, 1.807) is 7.11 Å². The summed E-state index contributed by atoms with van der Waals surface area (Å²) in [5, 5.41) is 4.47. The van der Waals surface area contributed by atoms with Crippen molar-refractivity contribution in [2.75, 3.05) is 7.11 Å². The molecule has 3 nitrogen and oxygen atoms in total. The van der Waals surface area contributed by atoms with Gasteiger partial charge in [-0.05, 0) is 25.2 Å². The molecule has 0 N–H and O–H groups in total. The molecule has 1 aromatic heterocycles. The molecular weight excluding hydrogens is 176 g/mol. The second kappa shape index (κ2) is 3.64. The van der Waals surface area contributed by atoms with E-state index in [0.717, 1.165) is 5.88 Å². The van der Waals surface area contributed by atoms with Gasteiger partial charge in [0.2, 0.25) is 5.88 Å². The fourth-order valence-corrected chi connectivity index (χ4v) is 1.78. The summed E-state index contributed by atoms with van der Waals surface area (Å²) in [6, 6.07) is 0.622.